The summed E-state index contributed by atoms with van der Waals surface area (Å²) in [6.07, 6.45) is 0. The highest BCUT2D eigenvalue weighted by molar-refractivity contribution is 5.68. The van der Waals surface area contributed by atoms with Crippen LogP contribution in [0.15, 0.2) is 46.9 Å². The van der Waals surface area contributed by atoms with E-state index in [-0.39, 0.29) is 0 Å². The summed E-state index contributed by atoms with van der Waals surface area (Å²) in [6, 6.07) is 14.2. The molecule has 0 aliphatic carbocycles. The molecule has 0 N–H and O–H groups in total. The maximum atomic E-state index is 5.43. The molecular formula is C17H16N2O2. The van der Waals surface area contributed by atoms with Gasteiger partial charge in [0.2, 0.25) is 11.8 Å². The second kappa shape index (κ2) is 5.40. The van der Waals surface area contributed by atoms with E-state index in [1.54, 1.807) is 14.0 Å². The van der Waals surface area contributed by atoms with E-state index in [0.29, 0.717) is 11.8 Å². The highest BCUT2D eigenvalue weighted by atomic mass is 16.5. The Labute approximate surface area is 123 Å². The molecule has 21 heavy (non-hydrogen) atoms. The molecule has 2 aromatic carbocycles. The second-order valence-electron chi connectivity index (χ2n) is 4.89. The van der Waals surface area contributed by atoms with Crippen molar-refractivity contribution in [2.24, 2.45) is 0 Å². The molecule has 0 atom stereocenters. The number of methoxy groups -OCH3 is 1. The Morgan fingerprint density at radius 2 is 1.52 bits per heavy atom. The van der Waals surface area contributed by atoms with Gasteiger partial charge >= 0.3 is 0 Å². The quantitative estimate of drug-likeness (QED) is 0.726. The number of aryl methyl sites for hydroxylation is 2. The Bertz CT molecular complexity index is 761. The van der Waals surface area contributed by atoms with E-state index in [0.717, 1.165) is 28.0 Å². The summed E-state index contributed by atoms with van der Waals surface area (Å²) in [6.45, 7) is 3.82. The minimum Gasteiger partial charge on any atom is -0.496 e. The predicted molar refractivity (Wildman–Crippen MR) is 81.2 cm³/mol. The van der Waals surface area contributed by atoms with Gasteiger partial charge in [0.15, 0.2) is 0 Å². The maximum Gasteiger partial charge on any atom is 0.247 e. The zero-order chi connectivity index (χ0) is 14.8. The summed E-state index contributed by atoms with van der Waals surface area (Å²) in [5, 5.41) is 7.87. The molecule has 0 aliphatic rings. The van der Waals surface area contributed by atoms with Gasteiger partial charge in [-0.1, -0.05) is 18.2 Å². The van der Waals surface area contributed by atoms with Crippen molar-refractivity contribution >= 4 is 0 Å². The van der Waals surface area contributed by atoms with Crippen LogP contribution in [0.2, 0.25) is 0 Å². The molecule has 1 heterocycles. The third-order valence-corrected chi connectivity index (χ3v) is 3.39. The molecule has 0 unspecified atom stereocenters. The lowest BCUT2D eigenvalue weighted by Crippen LogP contribution is -1.88. The normalized spacial score (nSPS) is 10.6. The molecule has 4 heteroatoms. The van der Waals surface area contributed by atoms with E-state index in [1.165, 1.54) is 0 Å². The van der Waals surface area contributed by atoms with E-state index >= 15 is 0 Å². The molecule has 0 bridgehead atoms. The van der Waals surface area contributed by atoms with Crippen molar-refractivity contribution in [3.8, 4) is 28.3 Å². The van der Waals surface area contributed by atoms with Crippen LogP contribution in [0.25, 0.3) is 22.6 Å². The number of rotatable bonds is 3. The average Bonchev–Trinajstić information content (AvgIpc) is 2.94. The van der Waals surface area contributed by atoms with Gasteiger partial charge in [-0.15, -0.1) is 10.2 Å². The fourth-order valence-corrected chi connectivity index (χ4v) is 2.28. The van der Waals surface area contributed by atoms with Gasteiger partial charge in [-0.05, 0) is 47.9 Å². The highest BCUT2D eigenvalue weighted by Crippen LogP contribution is 2.28. The summed E-state index contributed by atoms with van der Waals surface area (Å²) < 4.78 is 10.7. The van der Waals surface area contributed by atoms with Gasteiger partial charge in [-0.3, -0.25) is 0 Å². The monoisotopic (exact) mass is 280 g/mol. The van der Waals surface area contributed by atoms with Gasteiger partial charge in [0.1, 0.15) is 5.75 Å². The summed E-state index contributed by atoms with van der Waals surface area (Å²) >= 11 is 0. The van der Waals surface area contributed by atoms with Crippen molar-refractivity contribution in [1.29, 1.82) is 0 Å². The van der Waals surface area contributed by atoms with Crippen LogP contribution in [0.5, 0.6) is 5.75 Å². The number of aromatic nitrogens is 2. The Kier molecular flexibility index (Phi) is 3.44. The lowest BCUT2D eigenvalue weighted by Gasteiger charge is -2.08. The van der Waals surface area contributed by atoms with Crippen molar-refractivity contribution in [3.63, 3.8) is 0 Å². The van der Waals surface area contributed by atoms with E-state index in [2.05, 4.69) is 34.5 Å². The predicted octanol–water partition coefficient (Wildman–Crippen LogP) is 4.03. The third kappa shape index (κ3) is 2.65. The zero-order valence-electron chi connectivity index (χ0n) is 12.3. The van der Waals surface area contributed by atoms with Crippen molar-refractivity contribution in [1.82, 2.24) is 10.2 Å². The van der Waals surface area contributed by atoms with Gasteiger partial charge < -0.3 is 9.15 Å². The Morgan fingerprint density at radius 3 is 2.10 bits per heavy atom. The first-order valence-electron chi connectivity index (χ1n) is 6.73. The number of nitrogens with zero attached hydrogens (tertiary/aromatic N) is 2. The van der Waals surface area contributed by atoms with Crippen LogP contribution >= 0.6 is 0 Å². The van der Waals surface area contributed by atoms with Gasteiger partial charge in [0.25, 0.3) is 0 Å². The number of ether oxygens (including phenoxy) is 1. The zero-order valence-corrected chi connectivity index (χ0v) is 12.3. The molecule has 3 rings (SSSR count). The lowest BCUT2D eigenvalue weighted by atomic mass is 10.0. The van der Waals surface area contributed by atoms with Crippen LogP contribution in [0.1, 0.15) is 11.5 Å². The largest absolute Gasteiger partial charge is 0.496 e. The molecule has 1 aromatic heterocycles. The number of hydrogen-bond acceptors (Lipinski definition) is 4. The Morgan fingerprint density at radius 1 is 0.857 bits per heavy atom. The molecule has 0 amide bonds. The van der Waals surface area contributed by atoms with Gasteiger partial charge in [-0.2, -0.15) is 0 Å². The molecule has 0 aliphatic heterocycles. The van der Waals surface area contributed by atoms with E-state index in [1.807, 2.05) is 25.1 Å². The Hall–Kier alpha value is -2.62. The van der Waals surface area contributed by atoms with E-state index in [4.69, 9.17) is 9.15 Å². The summed E-state index contributed by atoms with van der Waals surface area (Å²) in [7, 11) is 1.68. The maximum absolute atomic E-state index is 5.43. The molecule has 3 aromatic rings. The van der Waals surface area contributed by atoms with Crippen LogP contribution in [0, 0.1) is 13.8 Å². The molecule has 0 fully saturated rings. The molecular weight excluding hydrogens is 264 g/mol. The molecule has 4 nitrogen and oxygen atoms in total. The topological polar surface area (TPSA) is 48.2 Å². The Balaban J connectivity index is 1.92. The van der Waals surface area contributed by atoms with Crippen molar-refractivity contribution in [3.05, 3.63) is 53.9 Å². The molecule has 0 spiro atoms. The fourth-order valence-electron chi connectivity index (χ4n) is 2.28. The summed E-state index contributed by atoms with van der Waals surface area (Å²) in [5.74, 6) is 2.02. The SMILES string of the molecule is COc1ccc(-c2ccc(-c3nnc(C)o3)cc2)cc1C. The van der Waals surface area contributed by atoms with E-state index < -0.39 is 0 Å². The standard InChI is InChI=1S/C17H16N2O2/c1-11-10-15(8-9-16(11)20-3)13-4-6-14(7-5-13)17-19-18-12(2)21-17/h4-10H,1-3H3. The van der Waals surface area contributed by atoms with Crippen LogP contribution in [0.4, 0.5) is 0 Å². The smallest absolute Gasteiger partial charge is 0.247 e. The first kappa shape index (κ1) is 13.4. The van der Waals surface area contributed by atoms with Crippen LogP contribution in [0.3, 0.4) is 0 Å². The summed E-state index contributed by atoms with van der Waals surface area (Å²) in [4.78, 5) is 0. The van der Waals surface area contributed by atoms with E-state index in [9.17, 15) is 0 Å². The average molecular weight is 280 g/mol. The van der Waals surface area contributed by atoms with Gasteiger partial charge in [-0.25, -0.2) is 0 Å². The minimum absolute atomic E-state index is 0.546. The van der Waals surface area contributed by atoms with Gasteiger partial charge in [0, 0.05) is 12.5 Å². The van der Waals surface area contributed by atoms with Gasteiger partial charge in [0.05, 0.1) is 7.11 Å². The summed E-state index contributed by atoms with van der Waals surface area (Å²) in [5.41, 5.74) is 4.33. The molecule has 106 valence electrons. The fraction of sp³-hybridized carbons (Fsp3) is 0.176. The molecule has 0 radical (unpaired) electrons. The highest BCUT2D eigenvalue weighted by Gasteiger charge is 2.07. The number of hydrogen-bond donors (Lipinski definition) is 0. The first-order chi connectivity index (χ1) is 10.2. The van der Waals surface area contributed by atoms with Crippen LogP contribution in [-0.4, -0.2) is 17.3 Å². The number of benzene rings is 2. The second-order valence-corrected chi connectivity index (χ2v) is 4.89. The lowest BCUT2D eigenvalue weighted by molar-refractivity contribution is 0.412. The van der Waals surface area contributed by atoms with Crippen molar-refractivity contribution < 1.29 is 9.15 Å². The van der Waals surface area contributed by atoms with Crippen molar-refractivity contribution in [2.45, 2.75) is 13.8 Å². The third-order valence-electron chi connectivity index (χ3n) is 3.39. The first-order valence-corrected chi connectivity index (χ1v) is 6.73. The molecule has 0 saturated carbocycles. The van der Waals surface area contributed by atoms with Crippen LogP contribution in [-0.2, 0) is 0 Å². The minimum atomic E-state index is 0.546. The van der Waals surface area contributed by atoms with Crippen LogP contribution < -0.4 is 4.74 Å². The molecule has 0 saturated heterocycles. The van der Waals surface area contributed by atoms with Crippen molar-refractivity contribution in [2.75, 3.05) is 7.11 Å².